The number of hydrogen-bond donors (Lipinski definition) is 1. The van der Waals surface area contributed by atoms with Crippen LogP contribution in [0.3, 0.4) is 0 Å². The normalized spacial score (nSPS) is 17.6. The van der Waals surface area contributed by atoms with E-state index < -0.39 is 10.3 Å². The Hall–Kier alpha value is -3.14. The maximum Gasteiger partial charge on any atom is 0.269 e. The van der Waals surface area contributed by atoms with E-state index in [9.17, 15) is 14.9 Å². The van der Waals surface area contributed by atoms with Crippen LogP contribution in [0.5, 0.6) is 0 Å². The first-order chi connectivity index (χ1) is 13.4. The number of nitriles is 1. The number of carbonyl (C=O) groups is 1. The lowest BCUT2D eigenvalue weighted by Crippen LogP contribution is -2.46. The van der Waals surface area contributed by atoms with E-state index in [0.29, 0.717) is 0 Å². The highest BCUT2D eigenvalue weighted by atomic mass is 16.6. The summed E-state index contributed by atoms with van der Waals surface area (Å²) in [6.07, 6.45) is 5.71. The SMILES string of the molecule is N#CC1(c2ccccc2)CCC1.NC(=O)C1(c2ccc([N+](=O)[O-])cc2)CCC1.[2HH].[B]. The van der Waals surface area contributed by atoms with Gasteiger partial charge in [0.2, 0.25) is 5.91 Å². The number of primary amides is 1. The minimum absolute atomic E-state index is 0. The van der Waals surface area contributed by atoms with Gasteiger partial charge in [-0.2, -0.15) is 5.26 Å². The van der Waals surface area contributed by atoms with Gasteiger partial charge in [0.05, 0.1) is 21.8 Å². The molecule has 0 unspecified atom stereocenters. The molecule has 4 rings (SSSR count). The summed E-state index contributed by atoms with van der Waals surface area (Å²) in [5.74, 6) is -0.340. The third kappa shape index (κ3) is 4.17. The number of nitro benzene ring substituents is 1. The molecule has 2 aromatic rings. The molecule has 2 aromatic carbocycles. The second-order valence-electron chi connectivity index (χ2n) is 7.52. The minimum Gasteiger partial charge on any atom is -0.369 e. The van der Waals surface area contributed by atoms with E-state index in [0.717, 1.165) is 37.7 Å². The van der Waals surface area contributed by atoms with Gasteiger partial charge in [-0.15, -0.1) is 0 Å². The van der Waals surface area contributed by atoms with Crippen LogP contribution in [0, 0.1) is 21.4 Å². The first kappa shape index (κ1) is 22.2. The number of amides is 1. The summed E-state index contributed by atoms with van der Waals surface area (Å²) in [4.78, 5) is 21.4. The number of carbonyl (C=O) groups excluding carboxylic acids is 1. The molecule has 2 N–H and O–H groups in total. The summed E-state index contributed by atoms with van der Waals surface area (Å²) >= 11 is 0. The van der Waals surface area contributed by atoms with E-state index in [1.165, 1.54) is 24.1 Å². The van der Waals surface area contributed by atoms with Gasteiger partial charge in [-0.25, -0.2) is 0 Å². The third-order valence-corrected chi connectivity index (χ3v) is 6.06. The first-order valence-electron chi connectivity index (χ1n) is 9.45. The molecule has 2 saturated carbocycles. The lowest BCUT2D eigenvalue weighted by Gasteiger charge is -2.39. The molecule has 0 saturated heterocycles. The summed E-state index contributed by atoms with van der Waals surface area (Å²) in [7, 11) is 0. The maximum atomic E-state index is 11.4. The highest BCUT2D eigenvalue weighted by molar-refractivity contribution is 5.87. The molecule has 29 heavy (non-hydrogen) atoms. The largest absolute Gasteiger partial charge is 0.369 e. The monoisotopic (exact) mass is 391 g/mol. The van der Waals surface area contributed by atoms with E-state index in [2.05, 4.69) is 18.2 Å². The predicted molar refractivity (Wildman–Crippen MR) is 113 cm³/mol. The molecule has 0 bridgehead atoms. The second kappa shape index (κ2) is 8.91. The zero-order valence-corrected chi connectivity index (χ0v) is 16.2. The van der Waals surface area contributed by atoms with Crippen molar-refractivity contribution in [3.8, 4) is 6.07 Å². The Kier molecular flexibility index (Phi) is 6.81. The molecule has 149 valence electrons. The standard InChI is InChI=1S/C11H12N2O3.C11H11N.B.H2/c12-10(14)11(6-1-7-11)8-2-4-9(5-3-8)13(15)16;12-9-11(7-4-8-11)10-5-2-1-3-6-10;;/h2-5H,1,6-7H2,(H2,12,14);1-3,5-6H,4,7-8H2;;1H/i;;;1+1. The molecule has 0 aliphatic heterocycles. The molecule has 0 aromatic heterocycles. The molecule has 0 atom stereocenters. The van der Waals surface area contributed by atoms with Crippen molar-refractivity contribution in [3.05, 3.63) is 75.8 Å². The van der Waals surface area contributed by atoms with Gasteiger partial charge in [-0.3, -0.25) is 14.9 Å². The van der Waals surface area contributed by atoms with Crippen LogP contribution in [0.15, 0.2) is 54.6 Å². The summed E-state index contributed by atoms with van der Waals surface area (Å²) in [5.41, 5.74) is 6.68. The summed E-state index contributed by atoms with van der Waals surface area (Å²) in [5, 5.41) is 19.5. The molecule has 0 spiro atoms. The smallest absolute Gasteiger partial charge is 0.269 e. The molecule has 2 aliphatic carbocycles. The van der Waals surface area contributed by atoms with Crippen LogP contribution >= 0.6 is 0 Å². The number of hydrogen-bond acceptors (Lipinski definition) is 4. The quantitative estimate of drug-likeness (QED) is 0.482. The van der Waals surface area contributed by atoms with E-state index in [1.54, 1.807) is 12.1 Å². The van der Waals surface area contributed by atoms with Crippen LogP contribution in [0.1, 0.15) is 51.1 Å². The van der Waals surface area contributed by atoms with Gasteiger partial charge in [-0.05, 0) is 43.2 Å². The molecule has 7 heteroatoms. The number of benzene rings is 2. The topological polar surface area (TPSA) is 110 Å². The average molecular weight is 391 g/mol. The Balaban J connectivity index is 0.000000290. The number of rotatable bonds is 4. The van der Waals surface area contributed by atoms with Crippen molar-refractivity contribution in [1.82, 2.24) is 0 Å². The van der Waals surface area contributed by atoms with E-state index >= 15 is 0 Å². The fourth-order valence-corrected chi connectivity index (χ4v) is 3.86. The predicted octanol–water partition coefficient (Wildman–Crippen LogP) is 4.00. The Morgan fingerprint density at radius 1 is 1.00 bits per heavy atom. The van der Waals surface area contributed by atoms with Crippen LogP contribution in [0.25, 0.3) is 0 Å². The molecular weight excluding hydrogens is 365 g/mol. The van der Waals surface area contributed by atoms with Gasteiger partial charge < -0.3 is 5.73 Å². The molecule has 0 heterocycles. The van der Waals surface area contributed by atoms with Gasteiger partial charge in [0.1, 0.15) is 0 Å². The Labute approximate surface area is 173 Å². The van der Waals surface area contributed by atoms with Crippen molar-refractivity contribution in [3.63, 3.8) is 0 Å². The molecule has 1 amide bonds. The number of non-ortho nitro benzene ring substituents is 1. The van der Waals surface area contributed by atoms with Crippen LogP contribution in [-0.2, 0) is 15.6 Å². The van der Waals surface area contributed by atoms with Crippen LogP contribution < -0.4 is 5.73 Å². The maximum absolute atomic E-state index is 11.4. The van der Waals surface area contributed by atoms with E-state index in [-0.39, 0.29) is 26.8 Å². The van der Waals surface area contributed by atoms with Crippen molar-refractivity contribution in [2.24, 2.45) is 5.73 Å². The highest BCUT2D eigenvalue weighted by Crippen LogP contribution is 2.44. The van der Waals surface area contributed by atoms with Crippen LogP contribution in [-0.4, -0.2) is 19.2 Å². The number of nitrogens with zero attached hydrogens (tertiary/aromatic N) is 2. The van der Waals surface area contributed by atoms with Crippen molar-refractivity contribution < 1.29 is 11.1 Å². The first-order valence-corrected chi connectivity index (χ1v) is 9.45. The summed E-state index contributed by atoms with van der Waals surface area (Å²) in [6.45, 7) is 0. The number of nitrogens with two attached hydrogens (primary N) is 1. The molecule has 2 fully saturated rings. The summed E-state index contributed by atoms with van der Waals surface area (Å²) in [6, 6.07) is 18.6. The van der Waals surface area contributed by atoms with Gasteiger partial charge in [0.15, 0.2) is 0 Å². The van der Waals surface area contributed by atoms with Gasteiger partial charge in [-0.1, -0.05) is 48.9 Å². The average Bonchev–Trinajstić information content (AvgIpc) is 2.62. The summed E-state index contributed by atoms with van der Waals surface area (Å²) < 4.78 is 0. The molecule has 3 radical (unpaired) electrons. The van der Waals surface area contributed by atoms with Crippen LogP contribution in [0.2, 0.25) is 0 Å². The third-order valence-electron chi connectivity index (χ3n) is 6.06. The van der Waals surface area contributed by atoms with Crippen LogP contribution in [0.4, 0.5) is 5.69 Å². The lowest BCUT2D eigenvalue weighted by atomic mass is 9.64. The van der Waals surface area contributed by atoms with Crippen molar-refractivity contribution in [1.29, 1.82) is 5.26 Å². The van der Waals surface area contributed by atoms with Gasteiger partial charge in [0.25, 0.3) is 5.69 Å². The molecule has 6 nitrogen and oxygen atoms in total. The zero-order valence-electron chi connectivity index (χ0n) is 16.2. The lowest BCUT2D eigenvalue weighted by molar-refractivity contribution is -0.384. The highest BCUT2D eigenvalue weighted by Gasteiger charge is 2.44. The molecular formula is C22H25BN3O3. The molecule has 2 aliphatic rings. The second-order valence-corrected chi connectivity index (χ2v) is 7.52. The van der Waals surface area contributed by atoms with Gasteiger partial charge >= 0.3 is 0 Å². The number of nitro groups is 1. The van der Waals surface area contributed by atoms with Gasteiger partial charge in [0, 0.05) is 22.0 Å². The zero-order chi connectivity index (χ0) is 20.2. The fourth-order valence-electron chi connectivity index (χ4n) is 3.86. The van der Waals surface area contributed by atoms with Crippen molar-refractivity contribution in [2.45, 2.75) is 49.4 Å². The Morgan fingerprint density at radius 2 is 1.55 bits per heavy atom. The Morgan fingerprint density at radius 3 is 1.90 bits per heavy atom. The Bertz CT molecular complexity index is 905. The van der Waals surface area contributed by atoms with E-state index in [1.807, 2.05) is 18.2 Å². The van der Waals surface area contributed by atoms with E-state index in [4.69, 9.17) is 11.0 Å². The fraction of sp³-hybridized carbons (Fsp3) is 0.364. The van der Waals surface area contributed by atoms with Crippen molar-refractivity contribution in [2.75, 3.05) is 0 Å². The minimum atomic E-state index is -0.588. The van der Waals surface area contributed by atoms with Crippen molar-refractivity contribution >= 4 is 20.0 Å².